The highest BCUT2D eigenvalue weighted by Gasteiger charge is 2.31. The highest BCUT2D eigenvalue weighted by Crippen LogP contribution is 2.32. The Hall–Kier alpha value is -2.55. The Morgan fingerprint density at radius 3 is 2.33 bits per heavy atom. The molecule has 3 nitrogen and oxygen atoms in total. The van der Waals surface area contributed by atoms with E-state index in [0.29, 0.717) is 17.1 Å². The van der Waals surface area contributed by atoms with E-state index in [1.807, 2.05) is 6.92 Å². The number of alkyl halides is 3. The van der Waals surface area contributed by atoms with Crippen molar-refractivity contribution in [3.05, 3.63) is 52.8 Å². The van der Waals surface area contributed by atoms with Gasteiger partial charge < -0.3 is 5.32 Å². The zero-order chi connectivity index (χ0) is 15.6. The molecule has 0 aliphatic heterocycles. The molecule has 108 valence electrons. The summed E-state index contributed by atoms with van der Waals surface area (Å²) < 4.78 is 37.9. The first-order valence-corrected chi connectivity index (χ1v) is 6.14. The zero-order valence-corrected chi connectivity index (χ0v) is 11.4. The molecule has 1 heterocycles. The number of benzene rings is 1. The number of halogens is 3. The van der Waals surface area contributed by atoms with Gasteiger partial charge in [0, 0.05) is 5.69 Å². The lowest BCUT2D eigenvalue weighted by Crippen LogP contribution is -2.06. The van der Waals surface area contributed by atoms with Gasteiger partial charge in [-0.15, -0.1) is 0 Å². The molecule has 0 spiro atoms. The Balaban J connectivity index is 2.39. The fraction of sp³-hybridized carbons (Fsp3) is 0.200. The number of hydrogen-bond acceptors (Lipinski definition) is 3. The van der Waals surface area contributed by atoms with Crippen LogP contribution in [0.15, 0.2) is 30.3 Å². The first kappa shape index (κ1) is 14.9. The number of nitrogens with one attached hydrogen (secondary N) is 1. The van der Waals surface area contributed by atoms with Crippen molar-refractivity contribution >= 4 is 11.4 Å². The molecule has 2 aromatic rings. The average Bonchev–Trinajstić information content (AvgIpc) is 2.41. The van der Waals surface area contributed by atoms with E-state index in [0.717, 1.165) is 17.8 Å². The molecule has 0 aliphatic carbocycles. The summed E-state index contributed by atoms with van der Waals surface area (Å²) in [5.74, 6) is 0. The van der Waals surface area contributed by atoms with Crippen molar-refractivity contribution in [3.8, 4) is 6.07 Å². The summed E-state index contributed by atoms with van der Waals surface area (Å²) in [7, 11) is 0. The molecule has 6 heteroatoms. The molecule has 0 bridgehead atoms. The quantitative estimate of drug-likeness (QED) is 0.895. The van der Waals surface area contributed by atoms with Gasteiger partial charge in [-0.1, -0.05) is 0 Å². The molecular formula is C15H12F3N3. The summed E-state index contributed by atoms with van der Waals surface area (Å²) in [6.07, 6.45) is -4.47. The predicted molar refractivity (Wildman–Crippen MR) is 73.2 cm³/mol. The van der Waals surface area contributed by atoms with Crippen molar-refractivity contribution < 1.29 is 13.2 Å². The second-order valence-corrected chi connectivity index (χ2v) is 4.58. The van der Waals surface area contributed by atoms with Crippen molar-refractivity contribution in [3.63, 3.8) is 0 Å². The normalized spacial score (nSPS) is 11.0. The molecule has 2 rings (SSSR count). The topological polar surface area (TPSA) is 48.7 Å². The van der Waals surface area contributed by atoms with Gasteiger partial charge in [0.05, 0.1) is 28.2 Å². The standard InChI is InChI=1S/C15H12F3N3/c1-9-3-5-13(10(2)20-9)21-14-6-4-12(15(16,17)18)7-11(14)8-19/h3-7,21H,1-2H3. The Labute approximate surface area is 120 Å². The molecule has 1 aromatic carbocycles. The van der Waals surface area contributed by atoms with E-state index in [2.05, 4.69) is 10.3 Å². The molecule has 1 N–H and O–H groups in total. The molecule has 0 unspecified atom stereocenters. The molecule has 0 fully saturated rings. The van der Waals surface area contributed by atoms with Crippen LogP contribution in [0.1, 0.15) is 22.5 Å². The second kappa shape index (κ2) is 5.44. The maximum atomic E-state index is 12.6. The fourth-order valence-electron chi connectivity index (χ4n) is 1.89. The van der Waals surface area contributed by atoms with Crippen LogP contribution in [-0.2, 0) is 6.18 Å². The molecule has 21 heavy (non-hydrogen) atoms. The van der Waals surface area contributed by atoms with Gasteiger partial charge in [-0.05, 0) is 44.2 Å². The van der Waals surface area contributed by atoms with Crippen LogP contribution in [0, 0.1) is 25.2 Å². The summed E-state index contributed by atoms with van der Waals surface area (Å²) in [5.41, 5.74) is 1.61. The number of nitrogens with zero attached hydrogens (tertiary/aromatic N) is 2. The number of aromatic nitrogens is 1. The highest BCUT2D eigenvalue weighted by atomic mass is 19.4. The molecular weight excluding hydrogens is 279 g/mol. The number of pyridine rings is 1. The third kappa shape index (κ3) is 3.31. The smallest absolute Gasteiger partial charge is 0.353 e. The van der Waals surface area contributed by atoms with Gasteiger partial charge in [-0.2, -0.15) is 18.4 Å². The van der Waals surface area contributed by atoms with E-state index in [1.54, 1.807) is 25.1 Å². The van der Waals surface area contributed by atoms with Crippen LogP contribution >= 0.6 is 0 Å². The van der Waals surface area contributed by atoms with Crippen molar-refractivity contribution in [2.75, 3.05) is 5.32 Å². The third-order valence-corrected chi connectivity index (χ3v) is 2.96. The van der Waals surface area contributed by atoms with E-state index in [9.17, 15) is 13.2 Å². The predicted octanol–water partition coefficient (Wildman–Crippen LogP) is 4.33. The van der Waals surface area contributed by atoms with Crippen LogP contribution < -0.4 is 5.32 Å². The molecule has 0 aliphatic rings. The summed E-state index contributed by atoms with van der Waals surface area (Å²) in [4.78, 5) is 4.26. The van der Waals surface area contributed by atoms with Crippen LogP contribution in [-0.4, -0.2) is 4.98 Å². The fourth-order valence-corrected chi connectivity index (χ4v) is 1.89. The van der Waals surface area contributed by atoms with Gasteiger partial charge in [0.15, 0.2) is 0 Å². The van der Waals surface area contributed by atoms with E-state index >= 15 is 0 Å². The number of hydrogen-bond donors (Lipinski definition) is 1. The lowest BCUT2D eigenvalue weighted by molar-refractivity contribution is -0.137. The largest absolute Gasteiger partial charge is 0.416 e. The van der Waals surface area contributed by atoms with Crippen LogP contribution in [0.4, 0.5) is 24.5 Å². The van der Waals surface area contributed by atoms with Crippen LogP contribution in [0.3, 0.4) is 0 Å². The van der Waals surface area contributed by atoms with Gasteiger partial charge in [-0.25, -0.2) is 0 Å². The SMILES string of the molecule is Cc1ccc(Nc2ccc(C(F)(F)F)cc2C#N)c(C)n1. The maximum absolute atomic E-state index is 12.6. The molecule has 0 saturated heterocycles. The van der Waals surface area contributed by atoms with Gasteiger partial charge in [0.2, 0.25) is 0 Å². The first-order chi connectivity index (χ1) is 9.81. The van der Waals surface area contributed by atoms with Crippen molar-refractivity contribution in [2.45, 2.75) is 20.0 Å². The Morgan fingerprint density at radius 1 is 1.10 bits per heavy atom. The Morgan fingerprint density at radius 2 is 1.76 bits per heavy atom. The lowest BCUT2D eigenvalue weighted by atomic mass is 10.1. The number of aryl methyl sites for hydroxylation is 2. The van der Waals surface area contributed by atoms with Crippen LogP contribution in [0.2, 0.25) is 0 Å². The molecule has 0 amide bonds. The van der Waals surface area contributed by atoms with Gasteiger partial charge in [0.25, 0.3) is 0 Å². The third-order valence-electron chi connectivity index (χ3n) is 2.96. The van der Waals surface area contributed by atoms with Crippen molar-refractivity contribution in [1.82, 2.24) is 4.98 Å². The first-order valence-electron chi connectivity index (χ1n) is 6.14. The van der Waals surface area contributed by atoms with E-state index in [1.165, 1.54) is 6.07 Å². The minimum Gasteiger partial charge on any atom is -0.353 e. The zero-order valence-electron chi connectivity index (χ0n) is 11.4. The Bertz CT molecular complexity index is 715. The number of nitriles is 1. The lowest BCUT2D eigenvalue weighted by Gasteiger charge is -2.13. The second-order valence-electron chi connectivity index (χ2n) is 4.58. The van der Waals surface area contributed by atoms with Crippen LogP contribution in [0.5, 0.6) is 0 Å². The average molecular weight is 291 g/mol. The van der Waals surface area contributed by atoms with E-state index < -0.39 is 11.7 Å². The van der Waals surface area contributed by atoms with Gasteiger partial charge in [0.1, 0.15) is 6.07 Å². The van der Waals surface area contributed by atoms with E-state index in [-0.39, 0.29) is 5.56 Å². The summed E-state index contributed by atoms with van der Waals surface area (Å²) >= 11 is 0. The number of rotatable bonds is 2. The van der Waals surface area contributed by atoms with Crippen LogP contribution in [0.25, 0.3) is 0 Å². The molecule has 0 atom stereocenters. The monoisotopic (exact) mass is 291 g/mol. The number of anilines is 2. The minimum absolute atomic E-state index is 0.0650. The van der Waals surface area contributed by atoms with E-state index in [4.69, 9.17) is 5.26 Å². The summed E-state index contributed by atoms with van der Waals surface area (Å²) in [6.45, 7) is 3.63. The summed E-state index contributed by atoms with van der Waals surface area (Å²) in [5, 5.41) is 12.0. The minimum atomic E-state index is -4.47. The maximum Gasteiger partial charge on any atom is 0.416 e. The molecule has 0 saturated carbocycles. The summed E-state index contributed by atoms with van der Waals surface area (Å²) in [6, 6.07) is 8.36. The van der Waals surface area contributed by atoms with Gasteiger partial charge in [-0.3, -0.25) is 4.98 Å². The Kier molecular flexibility index (Phi) is 3.85. The van der Waals surface area contributed by atoms with Gasteiger partial charge >= 0.3 is 6.18 Å². The van der Waals surface area contributed by atoms with Crippen molar-refractivity contribution in [1.29, 1.82) is 5.26 Å². The molecule has 0 radical (unpaired) electrons. The molecule has 1 aromatic heterocycles. The highest BCUT2D eigenvalue weighted by molar-refractivity contribution is 5.68. The van der Waals surface area contributed by atoms with Crippen molar-refractivity contribution in [2.24, 2.45) is 0 Å².